The van der Waals surface area contributed by atoms with Crippen molar-refractivity contribution < 1.29 is 13.2 Å². The smallest absolute Gasteiger partial charge is 0.242 e. The normalized spacial score (nSPS) is 27.7. The summed E-state index contributed by atoms with van der Waals surface area (Å²) >= 11 is 0. The number of halogens is 1. The lowest BCUT2D eigenvalue weighted by molar-refractivity contribution is -0.128. The fourth-order valence-electron chi connectivity index (χ4n) is 4.33. The molecule has 1 aromatic rings. The molecule has 152 valence electrons. The lowest BCUT2D eigenvalue weighted by Gasteiger charge is -2.43. The molecule has 2 aliphatic rings. The van der Waals surface area contributed by atoms with Crippen LogP contribution in [0.15, 0.2) is 29.2 Å². The lowest BCUT2D eigenvalue weighted by Crippen LogP contribution is -2.49. The van der Waals surface area contributed by atoms with Gasteiger partial charge in [0.2, 0.25) is 15.9 Å². The van der Waals surface area contributed by atoms with Gasteiger partial charge >= 0.3 is 0 Å². The molecule has 8 heteroatoms. The van der Waals surface area contributed by atoms with Gasteiger partial charge in [-0.05, 0) is 55.2 Å². The van der Waals surface area contributed by atoms with E-state index < -0.39 is 10.0 Å². The molecule has 1 amide bonds. The number of hydrogen-bond acceptors (Lipinski definition) is 4. The van der Waals surface area contributed by atoms with Crippen molar-refractivity contribution in [2.75, 3.05) is 14.1 Å². The third-order valence-electron chi connectivity index (χ3n) is 5.95. The Bertz CT molecular complexity index is 738. The number of benzene rings is 1. The molecule has 2 unspecified atom stereocenters. The van der Waals surface area contributed by atoms with Crippen LogP contribution in [0.1, 0.15) is 37.7 Å². The maximum atomic E-state index is 12.6. The van der Waals surface area contributed by atoms with Gasteiger partial charge in [-0.3, -0.25) is 4.79 Å². The number of hydrogen-bond donors (Lipinski definition) is 2. The highest BCUT2D eigenvalue weighted by Gasteiger charge is 2.40. The minimum absolute atomic E-state index is 0. The molecule has 2 bridgehead atoms. The first-order valence-corrected chi connectivity index (χ1v) is 10.8. The van der Waals surface area contributed by atoms with Crippen molar-refractivity contribution in [3.05, 3.63) is 29.8 Å². The number of sulfonamides is 1. The Balaban J connectivity index is 0.00000261. The van der Waals surface area contributed by atoms with Gasteiger partial charge in [-0.2, -0.15) is 0 Å². The molecule has 2 aliphatic carbocycles. The predicted molar refractivity (Wildman–Crippen MR) is 108 cm³/mol. The summed E-state index contributed by atoms with van der Waals surface area (Å²) in [6.07, 6.45) is 5.30. The van der Waals surface area contributed by atoms with Gasteiger partial charge in [0, 0.05) is 32.6 Å². The lowest BCUT2D eigenvalue weighted by atomic mass is 9.65. The van der Waals surface area contributed by atoms with Gasteiger partial charge in [0.05, 0.1) is 4.90 Å². The van der Waals surface area contributed by atoms with Crippen molar-refractivity contribution >= 4 is 28.3 Å². The number of nitrogens with one attached hydrogen (secondary N) is 1. The zero-order chi connectivity index (χ0) is 18.9. The number of carbonyl (C=O) groups is 1. The molecular weight excluding hydrogens is 386 g/mol. The Morgan fingerprint density at radius 3 is 2.22 bits per heavy atom. The van der Waals surface area contributed by atoms with Crippen molar-refractivity contribution in [3.63, 3.8) is 0 Å². The first-order valence-electron chi connectivity index (χ1n) is 9.34. The number of nitrogens with zero attached hydrogens (tertiary/aromatic N) is 1. The largest absolute Gasteiger partial charge is 0.352 e. The first-order chi connectivity index (χ1) is 12.3. The number of amides is 1. The Kier molecular flexibility index (Phi) is 7.30. The second-order valence-electron chi connectivity index (χ2n) is 7.85. The van der Waals surface area contributed by atoms with Crippen molar-refractivity contribution in [1.29, 1.82) is 0 Å². The van der Waals surface area contributed by atoms with Crippen LogP contribution >= 0.6 is 12.4 Å². The second kappa shape index (κ2) is 8.90. The Hall–Kier alpha value is -1.15. The molecule has 0 aliphatic heterocycles. The summed E-state index contributed by atoms with van der Waals surface area (Å²) in [7, 11) is -0.404. The van der Waals surface area contributed by atoms with Gasteiger partial charge in [-0.15, -0.1) is 12.4 Å². The summed E-state index contributed by atoms with van der Waals surface area (Å²) in [6, 6.07) is 6.94. The Morgan fingerprint density at radius 1 is 1.15 bits per heavy atom. The van der Waals surface area contributed by atoms with Crippen LogP contribution in [0, 0.1) is 17.8 Å². The van der Waals surface area contributed by atoms with E-state index in [1.54, 1.807) is 24.3 Å². The Labute approximate surface area is 168 Å². The number of carbonyl (C=O) groups excluding carboxylic acids is 1. The van der Waals surface area contributed by atoms with Crippen molar-refractivity contribution in [2.24, 2.45) is 23.5 Å². The minimum atomic E-state index is -3.42. The highest BCUT2D eigenvalue weighted by Crippen LogP contribution is 2.41. The van der Waals surface area contributed by atoms with E-state index in [0.29, 0.717) is 18.4 Å². The summed E-state index contributed by atoms with van der Waals surface area (Å²) in [5.41, 5.74) is 7.19. The summed E-state index contributed by atoms with van der Waals surface area (Å²) in [5.74, 6) is 1.11. The number of rotatable bonds is 5. The summed E-state index contributed by atoms with van der Waals surface area (Å²) in [4.78, 5) is 12.8. The van der Waals surface area contributed by atoms with Gasteiger partial charge < -0.3 is 11.1 Å². The van der Waals surface area contributed by atoms with E-state index in [0.717, 1.165) is 31.2 Å². The van der Waals surface area contributed by atoms with E-state index in [2.05, 4.69) is 5.32 Å². The fourth-order valence-corrected chi connectivity index (χ4v) is 5.23. The average Bonchev–Trinajstić information content (AvgIpc) is 2.59. The molecule has 0 saturated heterocycles. The molecule has 3 rings (SSSR count). The maximum Gasteiger partial charge on any atom is 0.242 e. The molecule has 3 N–H and O–H groups in total. The SMILES string of the molecule is CN(C)S(=O)(=O)c1ccc(CNC(=O)C2CC3CCCC(C2)C3N)cc1.Cl. The van der Waals surface area contributed by atoms with Gasteiger partial charge in [-0.1, -0.05) is 18.6 Å². The first kappa shape index (κ1) is 22.1. The molecule has 0 spiro atoms. The van der Waals surface area contributed by atoms with Crippen LogP contribution in [0.25, 0.3) is 0 Å². The van der Waals surface area contributed by atoms with Gasteiger partial charge in [0.15, 0.2) is 0 Å². The molecule has 2 saturated carbocycles. The Morgan fingerprint density at radius 2 is 1.70 bits per heavy atom. The van der Waals surface area contributed by atoms with Gasteiger partial charge in [0.1, 0.15) is 0 Å². The molecule has 1 aromatic carbocycles. The zero-order valence-corrected chi connectivity index (χ0v) is 17.6. The van der Waals surface area contributed by atoms with Gasteiger partial charge in [-0.25, -0.2) is 12.7 Å². The number of nitrogens with two attached hydrogens (primary N) is 1. The standard InChI is InChI=1S/C19H29N3O3S.ClH/c1-22(2)26(24,25)17-8-6-13(7-9-17)12-21-19(23)16-10-14-4-3-5-15(11-16)18(14)20;/h6-9,14-16,18H,3-5,10-12,20H2,1-2H3,(H,21,23);1H. The fraction of sp³-hybridized carbons (Fsp3) is 0.632. The van der Waals surface area contributed by atoms with E-state index in [-0.39, 0.29) is 35.2 Å². The third-order valence-corrected chi connectivity index (χ3v) is 7.78. The molecule has 2 atom stereocenters. The molecule has 0 heterocycles. The minimum Gasteiger partial charge on any atom is -0.352 e. The molecule has 2 fully saturated rings. The van der Waals surface area contributed by atoms with Crippen LogP contribution in [0.5, 0.6) is 0 Å². The van der Waals surface area contributed by atoms with E-state index in [4.69, 9.17) is 5.73 Å². The quantitative estimate of drug-likeness (QED) is 0.770. The predicted octanol–water partition coefficient (Wildman–Crippen LogP) is 2.13. The van der Waals surface area contributed by atoms with E-state index >= 15 is 0 Å². The van der Waals surface area contributed by atoms with Crippen molar-refractivity contribution in [2.45, 2.75) is 49.6 Å². The second-order valence-corrected chi connectivity index (χ2v) is 10.00. The zero-order valence-electron chi connectivity index (χ0n) is 15.9. The van der Waals surface area contributed by atoms with Crippen LogP contribution in [0.2, 0.25) is 0 Å². The van der Waals surface area contributed by atoms with Crippen molar-refractivity contribution in [1.82, 2.24) is 9.62 Å². The molecule has 6 nitrogen and oxygen atoms in total. The van der Waals surface area contributed by atoms with Crippen LogP contribution in [0.4, 0.5) is 0 Å². The van der Waals surface area contributed by atoms with E-state index in [1.165, 1.54) is 24.8 Å². The number of fused-ring (bicyclic) bond motifs is 2. The molecular formula is C19H30ClN3O3S. The molecule has 0 aromatic heterocycles. The van der Waals surface area contributed by atoms with Crippen molar-refractivity contribution in [3.8, 4) is 0 Å². The maximum absolute atomic E-state index is 12.6. The highest BCUT2D eigenvalue weighted by atomic mass is 35.5. The third kappa shape index (κ3) is 4.83. The topological polar surface area (TPSA) is 92.5 Å². The van der Waals surface area contributed by atoms with E-state index in [9.17, 15) is 13.2 Å². The van der Waals surface area contributed by atoms with Crippen LogP contribution < -0.4 is 11.1 Å². The van der Waals surface area contributed by atoms with Crippen LogP contribution in [-0.4, -0.2) is 38.8 Å². The summed E-state index contributed by atoms with van der Waals surface area (Å²) in [5, 5.41) is 3.01. The average molecular weight is 416 g/mol. The van der Waals surface area contributed by atoms with Crippen LogP contribution in [0.3, 0.4) is 0 Å². The highest BCUT2D eigenvalue weighted by molar-refractivity contribution is 7.89. The van der Waals surface area contributed by atoms with Crippen LogP contribution in [-0.2, 0) is 21.4 Å². The monoisotopic (exact) mass is 415 g/mol. The summed E-state index contributed by atoms with van der Waals surface area (Å²) < 4.78 is 25.4. The molecule has 27 heavy (non-hydrogen) atoms. The van der Waals surface area contributed by atoms with E-state index in [1.807, 2.05) is 0 Å². The van der Waals surface area contributed by atoms with Gasteiger partial charge in [0.25, 0.3) is 0 Å². The summed E-state index contributed by atoms with van der Waals surface area (Å²) in [6.45, 7) is 0.416. The molecule has 0 radical (unpaired) electrons.